The van der Waals surface area contributed by atoms with Gasteiger partial charge in [0.15, 0.2) is 6.67 Å². The molecular weight excluding hydrogens is 680 g/mol. The number of likely N-dealkylation sites (tertiary alicyclic amines) is 1. The zero-order valence-corrected chi connectivity index (χ0v) is 27.8. The number of amides is 1. The molecule has 4 rings (SSSR count). The minimum Gasteiger partial charge on any atom is -0.480 e. The molecule has 2 N–H and O–H groups in total. The van der Waals surface area contributed by atoms with Gasteiger partial charge in [0, 0.05) is 57.5 Å². The van der Waals surface area contributed by atoms with Crippen LogP contribution in [0.1, 0.15) is 42.0 Å². The molecule has 0 bridgehead atoms. The van der Waals surface area contributed by atoms with Gasteiger partial charge in [0.1, 0.15) is 11.5 Å². The lowest BCUT2D eigenvalue weighted by atomic mass is 9.72. The maximum absolute atomic E-state index is 15.0. The second-order valence-electron chi connectivity index (χ2n) is 13.1. The Kier molecular flexibility index (Phi) is 11.0. The summed E-state index contributed by atoms with van der Waals surface area (Å²) in [6, 6.07) is 8.29. The summed E-state index contributed by atoms with van der Waals surface area (Å²) >= 11 is 0. The number of hydrogen-bond donors (Lipinski definition) is 2. The minimum atomic E-state index is -4.91. The molecule has 8 nitrogen and oxygen atoms in total. The molecule has 16 heteroatoms. The summed E-state index contributed by atoms with van der Waals surface area (Å²) in [5, 5.41) is 11.9. The van der Waals surface area contributed by atoms with Gasteiger partial charge in [0.2, 0.25) is 5.91 Å². The van der Waals surface area contributed by atoms with Crippen LogP contribution in [-0.4, -0.2) is 84.7 Å². The molecule has 1 unspecified atom stereocenters. The minimum absolute atomic E-state index is 0.0734. The molecule has 1 aromatic heterocycles. The van der Waals surface area contributed by atoms with Crippen molar-refractivity contribution >= 4 is 28.5 Å². The molecule has 1 saturated heterocycles. The van der Waals surface area contributed by atoms with Crippen LogP contribution in [0.25, 0.3) is 10.9 Å². The SMILES string of the molecule is CN(C)c1ccc2c(c1)c(C(F)(F)F)c(Cc1cccc(CC(NC(=O)C3(C(C)(F)F)CCN(CC(F)(F)CF)CC3)C(=O)O)c1)c(=O)n2C. The predicted molar refractivity (Wildman–Crippen MR) is 171 cm³/mol. The van der Waals surface area contributed by atoms with Crippen molar-refractivity contribution in [2.24, 2.45) is 12.5 Å². The number of aromatic nitrogens is 1. The third-order valence-corrected chi connectivity index (χ3v) is 9.33. The van der Waals surface area contributed by atoms with Crippen LogP contribution in [0.4, 0.5) is 40.8 Å². The summed E-state index contributed by atoms with van der Waals surface area (Å²) in [5.74, 6) is -10.3. The van der Waals surface area contributed by atoms with Crippen molar-refractivity contribution in [1.82, 2.24) is 14.8 Å². The van der Waals surface area contributed by atoms with E-state index in [1.165, 1.54) is 43.4 Å². The molecule has 50 heavy (non-hydrogen) atoms. The molecule has 1 aliphatic rings. The van der Waals surface area contributed by atoms with Gasteiger partial charge in [-0.05, 0) is 55.3 Å². The highest BCUT2D eigenvalue weighted by Crippen LogP contribution is 2.46. The highest BCUT2D eigenvalue weighted by Gasteiger charge is 2.57. The number of aliphatic carboxylic acids is 1. The Morgan fingerprint density at radius 1 is 1.00 bits per heavy atom. The quantitative estimate of drug-likeness (QED) is 0.235. The maximum atomic E-state index is 15.0. The maximum Gasteiger partial charge on any atom is 0.417 e. The van der Waals surface area contributed by atoms with E-state index < -0.39 is 110 Å². The molecule has 0 saturated carbocycles. The molecule has 3 aromatic rings. The van der Waals surface area contributed by atoms with Gasteiger partial charge in [-0.15, -0.1) is 0 Å². The van der Waals surface area contributed by atoms with Gasteiger partial charge in [-0.3, -0.25) is 14.5 Å². The summed E-state index contributed by atoms with van der Waals surface area (Å²) < 4.78 is 115. The van der Waals surface area contributed by atoms with E-state index in [0.29, 0.717) is 12.6 Å². The largest absolute Gasteiger partial charge is 0.480 e. The predicted octanol–water partition coefficient (Wildman–Crippen LogP) is 5.67. The normalized spacial score (nSPS) is 16.3. The fourth-order valence-electron chi connectivity index (χ4n) is 6.49. The first kappa shape index (κ1) is 38.6. The van der Waals surface area contributed by atoms with E-state index in [1.807, 2.05) is 0 Å². The molecule has 2 heterocycles. The fourth-order valence-corrected chi connectivity index (χ4v) is 6.49. The van der Waals surface area contributed by atoms with Crippen LogP contribution in [0.3, 0.4) is 0 Å². The Balaban J connectivity index is 1.62. The van der Waals surface area contributed by atoms with Gasteiger partial charge in [0.05, 0.1) is 17.6 Å². The number of alkyl halides is 8. The topological polar surface area (TPSA) is 94.9 Å². The number of aryl methyl sites for hydroxylation is 1. The van der Waals surface area contributed by atoms with Crippen molar-refractivity contribution in [3.05, 3.63) is 75.1 Å². The fraction of sp³-hybridized carbons (Fsp3) is 0.500. The lowest BCUT2D eigenvalue weighted by Crippen LogP contribution is -2.60. The molecule has 0 spiro atoms. The van der Waals surface area contributed by atoms with Gasteiger partial charge >= 0.3 is 12.1 Å². The van der Waals surface area contributed by atoms with Crippen LogP contribution < -0.4 is 15.8 Å². The van der Waals surface area contributed by atoms with Gasteiger partial charge in [-0.25, -0.2) is 26.7 Å². The van der Waals surface area contributed by atoms with Crippen LogP contribution in [-0.2, 0) is 35.7 Å². The van der Waals surface area contributed by atoms with Crippen molar-refractivity contribution in [3.63, 3.8) is 0 Å². The summed E-state index contributed by atoms with van der Waals surface area (Å²) in [6.45, 7) is -3.28. The number of nitrogens with one attached hydrogen (secondary N) is 1. The standard InChI is InChI=1S/C34H38F8N4O4/c1-31(36,37)32(10-12-46(13-11-32)19-33(38,39)18-35)30(50)43-25(29(48)49)16-21-7-5-6-20(14-21)15-24-27(34(40,41)42)23-17-22(44(2)3)8-9-26(23)45(4)28(24)47/h5-9,14,17,25H,10-13,15-16,18-19H2,1-4H3,(H,43,50)(H,48,49). The Morgan fingerprint density at radius 3 is 2.16 bits per heavy atom. The first-order chi connectivity index (χ1) is 23.1. The molecule has 2 aromatic carbocycles. The average molecular weight is 719 g/mol. The number of rotatable bonds is 12. The van der Waals surface area contributed by atoms with Crippen LogP contribution in [0.15, 0.2) is 47.3 Å². The number of piperidine rings is 1. The Labute approximate surface area is 282 Å². The lowest BCUT2D eigenvalue weighted by molar-refractivity contribution is -0.171. The lowest BCUT2D eigenvalue weighted by Gasteiger charge is -2.44. The first-order valence-corrected chi connectivity index (χ1v) is 15.7. The number of halogens is 8. The average Bonchev–Trinajstić information content (AvgIpc) is 3.02. The van der Waals surface area contributed by atoms with E-state index in [-0.39, 0.29) is 22.0 Å². The third-order valence-electron chi connectivity index (χ3n) is 9.33. The van der Waals surface area contributed by atoms with Crippen LogP contribution in [0.2, 0.25) is 0 Å². The van der Waals surface area contributed by atoms with Crippen molar-refractivity contribution in [2.75, 3.05) is 45.3 Å². The second kappa shape index (κ2) is 14.2. The van der Waals surface area contributed by atoms with Crippen LogP contribution in [0.5, 0.6) is 0 Å². The van der Waals surface area contributed by atoms with E-state index in [4.69, 9.17) is 0 Å². The van der Waals surface area contributed by atoms with Crippen molar-refractivity contribution in [1.29, 1.82) is 0 Å². The van der Waals surface area contributed by atoms with E-state index in [2.05, 4.69) is 5.32 Å². The van der Waals surface area contributed by atoms with Crippen molar-refractivity contribution in [2.45, 2.75) is 56.7 Å². The van der Waals surface area contributed by atoms with Crippen molar-refractivity contribution in [3.8, 4) is 0 Å². The van der Waals surface area contributed by atoms with E-state index >= 15 is 0 Å². The number of fused-ring (bicyclic) bond motifs is 1. The first-order valence-electron chi connectivity index (χ1n) is 15.7. The number of carboxylic acid groups (broad SMARTS) is 1. The van der Waals surface area contributed by atoms with Gasteiger partial charge in [-0.2, -0.15) is 13.2 Å². The molecule has 274 valence electrons. The molecule has 1 aliphatic heterocycles. The highest BCUT2D eigenvalue weighted by molar-refractivity contribution is 5.89. The monoisotopic (exact) mass is 718 g/mol. The smallest absolute Gasteiger partial charge is 0.417 e. The molecule has 1 atom stereocenters. The van der Waals surface area contributed by atoms with Gasteiger partial charge in [-0.1, -0.05) is 24.3 Å². The summed E-state index contributed by atoms with van der Waals surface area (Å²) in [7, 11) is 4.68. The zero-order chi connectivity index (χ0) is 37.4. The summed E-state index contributed by atoms with van der Waals surface area (Å²) in [5.41, 5.74) is -3.98. The highest BCUT2D eigenvalue weighted by atomic mass is 19.4. The van der Waals surface area contributed by atoms with Crippen molar-refractivity contribution < 1.29 is 49.8 Å². The Bertz CT molecular complexity index is 1790. The molecule has 1 fully saturated rings. The number of anilines is 1. The van der Waals surface area contributed by atoms with E-state index in [1.54, 1.807) is 25.1 Å². The zero-order valence-electron chi connectivity index (χ0n) is 27.8. The molecule has 1 amide bonds. The number of carbonyl (C=O) groups excluding carboxylic acids is 1. The number of hydrogen-bond acceptors (Lipinski definition) is 5. The van der Waals surface area contributed by atoms with Crippen LogP contribution >= 0.6 is 0 Å². The Hall–Kier alpha value is -4.21. The molecule has 0 radical (unpaired) electrons. The number of carbonyl (C=O) groups is 2. The number of carboxylic acids is 1. The number of nitrogens with zero attached hydrogens (tertiary/aromatic N) is 3. The third kappa shape index (κ3) is 8.05. The van der Waals surface area contributed by atoms with Gasteiger partial charge in [0.25, 0.3) is 17.4 Å². The molecule has 0 aliphatic carbocycles. The molecular formula is C34H38F8N4O4. The summed E-state index contributed by atoms with van der Waals surface area (Å²) in [4.78, 5) is 41.6. The van der Waals surface area contributed by atoms with Crippen LogP contribution in [0, 0.1) is 5.41 Å². The summed E-state index contributed by atoms with van der Waals surface area (Å²) in [6.07, 6.45) is -7.06. The van der Waals surface area contributed by atoms with E-state index in [9.17, 15) is 54.6 Å². The number of benzene rings is 2. The van der Waals surface area contributed by atoms with E-state index in [0.717, 1.165) is 9.47 Å². The second-order valence-corrected chi connectivity index (χ2v) is 13.1. The van der Waals surface area contributed by atoms with Gasteiger partial charge < -0.3 is 19.9 Å². The Morgan fingerprint density at radius 2 is 1.62 bits per heavy atom. The number of pyridine rings is 1.